The van der Waals surface area contributed by atoms with Gasteiger partial charge in [0.1, 0.15) is 0 Å². The van der Waals surface area contributed by atoms with Crippen LogP contribution in [0.25, 0.3) is 0 Å². The van der Waals surface area contributed by atoms with Crippen molar-refractivity contribution < 1.29 is 0 Å². The summed E-state index contributed by atoms with van der Waals surface area (Å²) in [6, 6.07) is 18.4. The monoisotopic (exact) mass is 524 g/mol. The highest BCUT2D eigenvalue weighted by molar-refractivity contribution is 6.65. The van der Waals surface area contributed by atoms with E-state index in [-0.39, 0.29) is 0 Å². The largest absolute Gasteiger partial charge is 0.312 e. The highest BCUT2D eigenvalue weighted by atomic mass is 15.3. The summed E-state index contributed by atoms with van der Waals surface area (Å²) in [6.07, 6.45) is 17.7. The number of hydrogen-bond donors (Lipinski definition) is 2. The Bertz CT molecular complexity index is 1030. The molecule has 1 aromatic rings. The lowest BCUT2D eigenvalue weighted by Crippen LogP contribution is -2.72. The molecule has 9 aliphatic rings. The Kier molecular flexibility index (Phi) is 5.35. The standard InChI is InChI=1S/C34H49BN4/c1-2-8-20(9-3-1)21-18-28-30-29(19-21)39-27-15-7-17-37-32(27)23-11-5-13-25(34(23)39)35(30)24-12-4-10-22-31-26(14-6-16-36-31)38(28)33(22)24/h1-3,8-9,21-34,36-37H,4-7,10-19H2. The number of nitrogens with one attached hydrogen (secondary N) is 2. The molecule has 10 rings (SSSR count). The highest BCUT2D eigenvalue weighted by Gasteiger charge is 2.71. The summed E-state index contributed by atoms with van der Waals surface area (Å²) >= 11 is 0. The van der Waals surface area contributed by atoms with E-state index in [0.717, 1.165) is 90.3 Å². The molecule has 39 heavy (non-hydrogen) atoms. The molecule has 3 saturated carbocycles. The van der Waals surface area contributed by atoms with Crippen LogP contribution < -0.4 is 10.6 Å². The minimum Gasteiger partial charge on any atom is -0.312 e. The average molecular weight is 525 g/mol. The summed E-state index contributed by atoms with van der Waals surface area (Å²) in [5.74, 6) is 5.48. The molecular formula is C34H49BN4. The van der Waals surface area contributed by atoms with Crippen LogP contribution in [0.2, 0.25) is 17.5 Å². The van der Waals surface area contributed by atoms with Gasteiger partial charge in [-0.15, -0.1) is 0 Å². The number of piperidine rings is 2. The van der Waals surface area contributed by atoms with Gasteiger partial charge >= 0.3 is 0 Å². The van der Waals surface area contributed by atoms with Crippen LogP contribution in [0.4, 0.5) is 0 Å². The van der Waals surface area contributed by atoms with Gasteiger partial charge in [-0.25, -0.2) is 0 Å². The van der Waals surface area contributed by atoms with Gasteiger partial charge in [0.2, 0.25) is 0 Å². The van der Waals surface area contributed by atoms with Crippen molar-refractivity contribution in [1.29, 1.82) is 0 Å². The van der Waals surface area contributed by atoms with Crippen LogP contribution in [-0.2, 0) is 0 Å². The fourth-order valence-electron chi connectivity index (χ4n) is 14.0. The van der Waals surface area contributed by atoms with Gasteiger partial charge in [-0.3, -0.25) is 9.80 Å². The van der Waals surface area contributed by atoms with Crippen LogP contribution in [0.5, 0.6) is 0 Å². The molecule has 12 unspecified atom stereocenters. The molecule has 6 aliphatic heterocycles. The van der Waals surface area contributed by atoms with E-state index in [2.05, 4.69) is 50.8 Å². The van der Waals surface area contributed by atoms with Gasteiger partial charge < -0.3 is 10.6 Å². The third-order valence-electron chi connectivity index (χ3n) is 14.6. The quantitative estimate of drug-likeness (QED) is 0.498. The summed E-state index contributed by atoms with van der Waals surface area (Å²) < 4.78 is 0. The Hall–Kier alpha value is -0.875. The van der Waals surface area contributed by atoms with Crippen LogP contribution >= 0.6 is 0 Å². The van der Waals surface area contributed by atoms with Gasteiger partial charge in [-0.05, 0) is 105 Å². The van der Waals surface area contributed by atoms with E-state index in [9.17, 15) is 0 Å². The van der Waals surface area contributed by atoms with Crippen molar-refractivity contribution in [2.45, 2.75) is 149 Å². The zero-order chi connectivity index (χ0) is 25.2. The van der Waals surface area contributed by atoms with Crippen molar-refractivity contribution in [2.75, 3.05) is 13.1 Å². The first kappa shape index (κ1) is 23.7. The molecule has 12 atom stereocenters. The van der Waals surface area contributed by atoms with Crippen LogP contribution in [0, 0.1) is 11.8 Å². The van der Waals surface area contributed by atoms with E-state index >= 15 is 0 Å². The van der Waals surface area contributed by atoms with Gasteiger partial charge in [0.25, 0.3) is 0 Å². The third kappa shape index (κ3) is 3.12. The summed E-state index contributed by atoms with van der Waals surface area (Å²) in [4.78, 5) is 6.61. The van der Waals surface area contributed by atoms with E-state index in [1.54, 1.807) is 18.4 Å². The van der Waals surface area contributed by atoms with Crippen LogP contribution in [0.3, 0.4) is 0 Å². The van der Waals surface area contributed by atoms with Crippen molar-refractivity contribution in [1.82, 2.24) is 20.4 Å². The Morgan fingerprint density at radius 3 is 1.74 bits per heavy atom. The molecule has 5 heteroatoms. The SMILES string of the molecule is c1ccc(C2CC3C4B(C5CCCC6C7NCCCC7N3C56)C3CCCC5C6NCCCC6N(C4C2)C35)cc1. The number of benzene rings is 1. The van der Waals surface area contributed by atoms with E-state index in [0.29, 0.717) is 0 Å². The zero-order valence-electron chi connectivity index (χ0n) is 23.8. The molecule has 0 bridgehead atoms. The van der Waals surface area contributed by atoms with E-state index in [1.807, 2.05) is 0 Å². The highest BCUT2D eigenvalue weighted by Crippen LogP contribution is 2.67. The maximum atomic E-state index is 4.15. The fourth-order valence-corrected chi connectivity index (χ4v) is 14.0. The Morgan fingerprint density at radius 1 is 0.615 bits per heavy atom. The maximum absolute atomic E-state index is 4.15. The van der Waals surface area contributed by atoms with Crippen molar-refractivity contribution >= 4 is 6.71 Å². The average Bonchev–Trinajstić information content (AvgIpc) is 3.52. The van der Waals surface area contributed by atoms with Crippen molar-refractivity contribution in [3.63, 3.8) is 0 Å². The maximum Gasteiger partial charge on any atom is 0.156 e. The van der Waals surface area contributed by atoms with Gasteiger partial charge in [0.15, 0.2) is 6.71 Å². The van der Waals surface area contributed by atoms with E-state index < -0.39 is 0 Å². The molecule has 208 valence electrons. The first-order valence-electron chi connectivity index (χ1n) is 17.4. The first-order valence-corrected chi connectivity index (χ1v) is 17.4. The molecule has 6 saturated heterocycles. The van der Waals surface area contributed by atoms with Gasteiger partial charge in [0, 0.05) is 48.3 Å². The van der Waals surface area contributed by atoms with Crippen LogP contribution in [-0.4, -0.2) is 77.9 Å². The molecule has 0 spiro atoms. The van der Waals surface area contributed by atoms with Gasteiger partial charge in [-0.2, -0.15) is 0 Å². The van der Waals surface area contributed by atoms with Crippen molar-refractivity contribution in [3.05, 3.63) is 35.9 Å². The Balaban J connectivity index is 1.14. The molecular weight excluding hydrogens is 475 g/mol. The van der Waals surface area contributed by atoms with Crippen LogP contribution in [0.15, 0.2) is 30.3 Å². The summed E-state index contributed by atoms with van der Waals surface area (Å²) in [5, 5.41) is 8.30. The minimum absolute atomic E-state index is 0.737. The lowest BCUT2D eigenvalue weighted by atomic mass is 9.18. The lowest BCUT2D eigenvalue weighted by molar-refractivity contribution is -0.0242. The third-order valence-corrected chi connectivity index (χ3v) is 14.6. The molecule has 0 radical (unpaired) electrons. The second kappa shape index (κ2) is 8.82. The van der Waals surface area contributed by atoms with Gasteiger partial charge in [0.05, 0.1) is 0 Å². The van der Waals surface area contributed by atoms with Crippen molar-refractivity contribution in [3.8, 4) is 0 Å². The smallest absolute Gasteiger partial charge is 0.156 e. The number of hydrogen-bond acceptors (Lipinski definition) is 4. The molecule has 3 aliphatic carbocycles. The van der Waals surface area contributed by atoms with Crippen LogP contribution in [0.1, 0.15) is 88.5 Å². The second-order valence-electron chi connectivity index (χ2n) is 15.6. The summed E-state index contributed by atoms with van der Waals surface area (Å²) in [6.45, 7) is 3.54. The number of rotatable bonds is 1. The molecule has 6 heterocycles. The molecule has 4 nitrogen and oxygen atoms in total. The molecule has 0 amide bonds. The molecule has 9 fully saturated rings. The van der Waals surface area contributed by atoms with E-state index in [1.165, 1.54) is 77.3 Å². The first-order chi connectivity index (χ1) is 19.4. The Morgan fingerprint density at radius 2 is 1.18 bits per heavy atom. The Labute approximate surface area is 236 Å². The predicted molar refractivity (Wildman–Crippen MR) is 159 cm³/mol. The lowest BCUT2D eigenvalue weighted by Gasteiger charge is -2.67. The molecule has 1 aromatic carbocycles. The predicted octanol–water partition coefficient (Wildman–Crippen LogP) is 5.14. The summed E-state index contributed by atoms with van der Waals surface area (Å²) in [5.41, 5.74) is 1.65. The molecule has 2 N–H and O–H groups in total. The zero-order valence-corrected chi connectivity index (χ0v) is 23.8. The molecule has 0 aromatic heterocycles. The second-order valence-corrected chi connectivity index (χ2v) is 15.6. The van der Waals surface area contributed by atoms with Crippen molar-refractivity contribution in [2.24, 2.45) is 11.8 Å². The number of nitrogens with zero attached hydrogens (tertiary/aromatic N) is 2. The number of fused-ring (bicyclic) bond motifs is 10. The van der Waals surface area contributed by atoms with E-state index in [4.69, 9.17) is 0 Å². The fraction of sp³-hybridized carbons (Fsp3) is 0.824. The summed E-state index contributed by atoms with van der Waals surface area (Å²) in [7, 11) is 0. The van der Waals surface area contributed by atoms with Gasteiger partial charge in [-0.1, -0.05) is 56.0 Å². The normalized spacial score (nSPS) is 53.8. The minimum atomic E-state index is 0.737. The topological polar surface area (TPSA) is 30.5 Å².